The first-order chi connectivity index (χ1) is 8.83. The van der Waals surface area contributed by atoms with Crippen molar-refractivity contribution in [2.45, 2.75) is 19.3 Å². The number of carbonyl (C=O) groups is 1. The lowest BCUT2D eigenvalue weighted by Crippen LogP contribution is -2.35. The molecule has 0 saturated carbocycles. The van der Waals surface area contributed by atoms with Gasteiger partial charge in [0.1, 0.15) is 6.29 Å². The molecule has 98 valence electrons. The smallest absolute Gasteiger partial charge is 0.269 e. The Morgan fingerprint density at radius 3 is 3.22 bits per heavy atom. The van der Waals surface area contributed by atoms with Crippen molar-refractivity contribution in [2.24, 2.45) is 0 Å². The molecule has 0 saturated heterocycles. The molecule has 1 N–H and O–H groups in total. The van der Waals surface area contributed by atoms with Crippen LogP contribution in [0.3, 0.4) is 0 Å². The number of rotatable bonds is 6. The number of aldehydes is 1. The number of anilines is 1. The summed E-state index contributed by atoms with van der Waals surface area (Å²) in [4.78, 5) is 23.9. The number of hydrogen-bond donors (Lipinski definition) is 1. The molecule has 0 spiro atoms. The van der Waals surface area contributed by atoms with Gasteiger partial charge >= 0.3 is 0 Å². The predicted molar refractivity (Wildman–Crippen MR) is 66.9 cm³/mol. The zero-order valence-corrected chi connectivity index (χ0v) is 10.2. The van der Waals surface area contributed by atoms with Gasteiger partial charge in [-0.05, 0) is 12.8 Å². The molecule has 6 heteroatoms. The molecular formula is C12H17N3O3. The van der Waals surface area contributed by atoms with Gasteiger partial charge in [-0.1, -0.05) is 0 Å². The van der Waals surface area contributed by atoms with Gasteiger partial charge in [0.25, 0.3) is 5.56 Å². The number of nitrogens with zero attached hydrogens (tertiary/aromatic N) is 2. The molecule has 1 aromatic rings. The Labute approximate surface area is 105 Å². The van der Waals surface area contributed by atoms with Gasteiger partial charge in [0.2, 0.25) is 0 Å². The molecule has 0 amide bonds. The van der Waals surface area contributed by atoms with Crippen LogP contribution in [-0.2, 0) is 16.0 Å². The van der Waals surface area contributed by atoms with E-state index in [9.17, 15) is 9.59 Å². The maximum absolute atomic E-state index is 11.6. The van der Waals surface area contributed by atoms with E-state index in [1.165, 1.54) is 0 Å². The van der Waals surface area contributed by atoms with Gasteiger partial charge in [-0.25, -0.2) is 5.10 Å². The number of H-pyrrole nitrogens is 1. The van der Waals surface area contributed by atoms with E-state index in [2.05, 4.69) is 15.1 Å². The Bertz CT molecular complexity index is 458. The van der Waals surface area contributed by atoms with Gasteiger partial charge in [-0.15, -0.1) is 0 Å². The number of carbonyl (C=O) groups excluding carboxylic acids is 1. The molecule has 0 aliphatic carbocycles. The second-order valence-electron chi connectivity index (χ2n) is 4.22. The van der Waals surface area contributed by atoms with Crippen molar-refractivity contribution in [1.82, 2.24) is 10.2 Å². The third-order valence-electron chi connectivity index (χ3n) is 3.02. The van der Waals surface area contributed by atoms with E-state index in [0.29, 0.717) is 19.6 Å². The zero-order chi connectivity index (χ0) is 12.8. The zero-order valence-electron chi connectivity index (χ0n) is 10.2. The summed E-state index contributed by atoms with van der Waals surface area (Å²) in [5.41, 5.74) is 1.62. The lowest BCUT2D eigenvalue weighted by molar-refractivity contribution is -0.108. The Balaban J connectivity index is 1.94. The molecule has 18 heavy (non-hydrogen) atoms. The molecule has 0 aromatic carbocycles. The van der Waals surface area contributed by atoms with Gasteiger partial charge in [-0.3, -0.25) is 4.79 Å². The molecule has 0 radical (unpaired) electrons. The second-order valence-corrected chi connectivity index (χ2v) is 4.22. The summed E-state index contributed by atoms with van der Waals surface area (Å²) in [6.07, 6.45) is 4.74. The molecule has 6 nitrogen and oxygen atoms in total. The quantitative estimate of drug-likeness (QED) is 0.574. The molecule has 0 bridgehead atoms. The van der Waals surface area contributed by atoms with Crippen LogP contribution < -0.4 is 10.5 Å². The van der Waals surface area contributed by atoms with E-state index >= 15 is 0 Å². The molecule has 1 aliphatic rings. The summed E-state index contributed by atoms with van der Waals surface area (Å²) in [5.74, 6) is 0. The second kappa shape index (κ2) is 6.30. The number of aromatic amines is 1. The first-order valence-corrected chi connectivity index (χ1v) is 6.16. The predicted octanol–water partition coefficient (Wildman–Crippen LogP) is 0.128. The van der Waals surface area contributed by atoms with Gasteiger partial charge < -0.3 is 14.4 Å². The van der Waals surface area contributed by atoms with Crippen LogP contribution in [0.15, 0.2) is 11.0 Å². The van der Waals surface area contributed by atoms with Gasteiger partial charge in [-0.2, -0.15) is 5.10 Å². The molecular weight excluding hydrogens is 234 g/mol. The molecule has 0 fully saturated rings. The summed E-state index contributed by atoms with van der Waals surface area (Å²) in [5, 5.41) is 6.30. The first kappa shape index (κ1) is 12.8. The molecule has 0 atom stereocenters. The van der Waals surface area contributed by atoms with Crippen LogP contribution in [0.5, 0.6) is 0 Å². The monoisotopic (exact) mass is 251 g/mol. The highest BCUT2D eigenvalue weighted by Gasteiger charge is 2.19. The fourth-order valence-corrected chi connectivity index (χ4v) is 2.14. The highest BCUT2D eigenvalue weighted by molar-refractivity contribution is 5.52. The minimum Gasteiger partial charge on any atom is -0.379 e. The van der Waals surface area contributed by atoms with E-state index in [-0.39, 0.29) is 5.56 Å². The van der Waals surface area contributed by atoms with Crippen LogP contribution in [0.1, 0.15) is 18.4 Å². The Morgan fingerprint density at radius 2 is 2.39 bits per heavy atom. The Hall–Kier alpha value is -1.69. The maximum Gasteiger partial charge on any atom is 0.269 e. The largest absolute Gasteiger partial charge is 0.379 e. The van der Waals surface area contributed by atoms with Crippen molar-refractivity contribution >= 4 is 12.0 Å². The Morgan fingerprint density at radius 1 is 1.50 bits per heavy atom. The standard InChI is InChI=1S/C12H17N3O3/c16-6-2-7-18-8-5-15-4-1-3-10-11(15)9-13-14-12(10)17/h6,9H,1-5,7-8H2,(H,14,17). The average Bonchev–Trinajstić information content (AvgIpc) is 2.39. The molecule has 2 heterocycles. The topological polar surface area (TPSA) is 75.3 Å². The van der Waals surface area contributed by atoms with Gasteiger partial charge in [0.05, 0.1) is 25.1 Å². The van der Waals surface area contributed by atoms with Crippen LogP contribution in [-0.4, -0.2) is 42.8 Å². The molecule has 1 aliphatic heterocycles. The fourth-order valence-electron chi connectivity index (χ4n) is 2.14. The van der Waals surface area contributed by atoms with Crippen LogP contribution in [0.2, 0.25) is 0 Å². The third kappa shape index (κ3) is 2.95. The van der Waals surface area contributed by atoms with E-state index in [1.807, 2.05) is 0 Å². The lowest BCUT2D eigenvalue weighted by Gasteiger charge is -2.29. The lowest BCUT2D eigenvalue weighted by atomic mass is 10.1. The minimum atomic E-state index is -0.0981. The summed E-state index contributed by atoms with van der Waals surface area (Å²) in [6, 6.07) is 0. The highest BCUT2D eigenvalue weighted by atomic mass is 16.5. The van der Waals surface area contributed by atoms with Crippen molar-refractivity contribution in [3.8, 4) is 0 Å². The third-order valence-corrected chi connectivity index (χ3v) is 3.02. The first-order valence-electron chi connectivity index (χ1n) is 6.16. The molecule has 0 unspecified atom stereocenters. The molecule has 1 aromatic heterocycles. The van der Waals surface area contributed by atoms with Gasteiger partial charge in [0, 0.05) is 25.1 Å². The summed E-state index contributed by atoms with van der Waals surface area (Å²) in [6.45, 7) is 2.64. The number of ether oxygens (including phenoxy) is 1. The SMILES string of the molecule is O=CCCOCCN1CCCc2c1cn[nH]c2=O. The van der Waals surface area contributed by atoms with Crippen molar-refractivity contribution in [2.75, 3.05) is 31.2 Å². The van der Waals surface area contributed by atoms with E-state index < -0.39 is 0 Å². The van der Waals surface area contributed by atoms with Crippen molar-refractivity contribution in [3.05, 3.63) is 22.1 Å². The van der Waals surface area contributed by atoms with Crippen molar-refractivity contribution < 1.29 is 9.53 Å². The maximum atomic E-state index is 11.6. The number of hydrogen-bond acceptors (Lipinski definition) is 5. The van der Waals surface area contributed by atoms with Crippen molar-refractivity contribution in [1.29, 1.82) is 0 Å². The summed E-state index contributed by atoms with van der Waals surface area (Å²) in [7, 11) is 0. The van der Waals surface area contributed by atoms with Gasteiger partial charge in [0.15, 0.2) is 0 Å². The summed E-state index contributed by atoms with van der Waals surface area (Å²) < 4.78 is 5.34. The Kier molecular flexibility index (Phi) is 4.46. The number of nitrogens with one attached hydrogen (secondary N) is 1. The number of fused-ring (bicyclic) bond motifs is 1. The normalized spacial score (nSPS) is 14.3. The fraction of sp³-hybridized carbons (Fsp3) is 0.583. The van der Waals surface area contributed by atoms with E-state index in [0.717, 1.165) is 43.5 Å². The van der Waals surface area contributed by atoms with E-state index in [1.54, 1.807) is 6.20 Å². The van der Waals surface area contributed by atoms with Crippen LogP contribution >= 0.6 is 0 Å². The number of aromatic nitrogens is 2. The molecule has 2 rings (SSSR count). The van der Waals surface area contributed by atoms with Crippen molar-refractivity contribution in [3.63, 3.8) is 0 Å². The van der Waals surface area contributed by atoms with Crippen LogP contribution in [0, 0.1) is 0 Å². The minimum absolute atomic E-state index is 0.0981. The average molecular weight is 251 g/mol. The van der Waals surface area contributed by atoms with Crippen LogP contribution in [0.25, 0.3) is 0 Å². The van der Waals surface area contributed by atoms with E-state index in [4.69, 9.17) is 4.74 Å². The summed E-state index contributed by atoms with van der Waals surface area (Å²) >= 11 is 0. The highest BCUT2D eigenvalue weighted by Crippen LogP contribution is 2.22. The van der Waals surface area contributed by atoms with Crippen LogP contribution in [0.4, 0.5) is 5.69 Å².